The summed E-state index contributed by atoms with van der Waals surface area (Å²) in [6, 6.07) is 14.2. The molecule has 0 saturated carbocycles. The van der Waals surface area contributed by atoms with Gasteiger partial charge in [-0.1, -0.05) is 24.3 Å². The topological polar surface area (TPSA) is 19.4 Å². The molecule has 3 heteroatoms. The van der Waals surface area contributed by atoms with E-state index in [2.05, 4.69) is 53.1 Å². The number of pyridine rings is 1. The molecule has 2 aliphatic heterocycles. The standard InChI is InChI=1S/C18H23N3/c1-14-11-20-10-4-6-17(20)13-21(14)12-16-9-8-15-5-2-3-7-18(15)19-16/h2-3,5,7-9,14,17H,4,6,10-13H2,1H3/t14-,17-/m0/s1. The molecule has 110 valence electrons. The van der Waals surface area contributed by atoms with E-state index in [0.29, 0.717) is 6.04 Å². The van der Waals surface area contributed by atoms with E-state index in [-0.39, 0.29) is 0 Å². The maximum absolute atomic E-state index is 4.83. The maximum atomic E-state index is 4.83. The molecule has 0 radical (unpaired) electrons. The van der Waals surface area contributed by atoms with Gasteiger partial charge in [0.1, 0.15) is 0 Å². The highest BCUT2D eigenvalue weighted by Crippen LogP contribution is 2.25. The van der Waals surface area contributed by atoms with Gasteiger partial charge in [0.05, 0.1) is 11.2 Å². The van der Waals surface area contributed by atoms with E-state index in [1.807, 2.05) is 0 Å². The van der Waals surface area contributed by atoms with E-state index in [0.717, 1.165) is 18.1 Å². The zero-order chi connectivity index (χ0) is 14.2. The van der Waals surface area contributed by atoms with E-state index in [1.54, 1.807) is 0 Å². The van der Waals surface area contributed by atoms with Gasteiger partial charge in [0.15, 0.2) is 0 Å². The van der Waals surface area contributed by atoms with Crippen LogP contribution in [-0.4, -0.2) is 46.5 Å². The Kier molecular flexibility index (Phi) is 3.40. The SMILES string of the molecule is C[C@H]1CN2CCC[C@H]2CN1Cc1ccc2ccccc2n1. The van der Waals surface area contributed by atoms with Crippen molar-refractivity contribution in [1.29, 1.82) is 0 Å². The quantitative estimate of drug-likeness (QED) is 0.844. The first-order chi connectivity index (χ1) is 10.3. The van der Waals surface area contributed by atoms with Crippen LogP contribution in [0.5, 0.6) is 0 Å². The zero-order valence-electron chi connectivity index (χ0n) is 12.7. The predicted molar refractivity (Wildman–Crippen MR) is 86.2 cm³/mol. The van der Waals surface area contributed by atoms with Gasteiger partial charge in [0.2, 0.25) is 0 Å². The summed E-state index contributed by atoms with van der Waals surface area (Å²) in [6.07, 6.45) is 2.74. The van der Waals surface area contributed by atoms with E-state index >= 15 is 0 Å². The number of piperazine rings is 1. The van der Waals surface area contributed by atoms with Gasteiger partial charge in [-0.05, 0) is 38.4 Å². The number of nitrogens with zero attached hydrogens (tertiary/aromatic N) is 3. The van der Waals surface area contributed by atoms with Gasteiger partial charge in [-0.2, -0.15) is 0 Å². The summed E-state index contributed by atoms with van der Waals surface area (Å²) in [7, 11) is 0. The van der Waals surface area contributed by atoms with Crippen LogP contribution in [0.2, 0.25) is 0 Å². The number of aromatic nitrogens is 1. The Morgan fingerprint density at radius 1 is 1.14 bits per heavy atom. The van der Waals surface area contributed by atoms with Crippen LogP contribution in [0.15, 0.2) is 36.4 Å². The summed E-state index contributed by atoms with van der Waals surface area (Å²) < 4.78 is 0. The second kappa shape index (κ2) is 5.39. The van der Waals surface area contributed by atoms with Crippen molar-refractivity contribution in [2.45, 2.75) is 38.4 Å². The predicted octanol–water partition coefficient (Wildman–Crippen LogP) is 2.90. The molecule has 0 N–H and O–H groups in total. The smallest absolute Gasteiger partial charge is 0.0705 e. The largest absolute Gasteiger partial charge is 0.298 e. The van der Waals surface area contributed by atoms with Crippen LogP contribution in [-0.2, 0) is 6.54 Å². The Morgan fingerprint density at radius 2 is 2.05 bits per heavy atom. The zero-order valence-corrected chi connectivity index (χ0v) is 12.7. The number of hydrogen-bond donors (Lipinski definition) is 0. The van der Waals surface area contributed by atoms with Gasteiger partial charge in [0, 0.05) is 37.1 Å². The Bertz CT molecular complexity index is 639. The number of para-hydroxylation sites is 1. The second-order valence-electron chi connectivity index (χ2n) is 6.56. The lowest BCUT2D eigenvalue weighted by molar-refractivity contribution is 0.0532. The molecule has 3 heterocycles. The number of benzene rings is 1. The van der Waals surface area contributed by atoms with Crippen molar-refractivity contribution in [1.82, 2.24) is 14.8 Å². The molecule has 2 aliphatic rings. The molecule has 2 aromatic rings. The minimum atomic E-state index is 0.632. The molecule has 2 saturated heterocycles. The molecule has 0 unspecified atom stereocenters. The average Bonchev–Trinajstić information content (AvgIpc) is 2.94. The monoisotopic (exact) mass is 281 g/mol. The van der Waals surface area contributed by atoms with Crippen molar-refractivity contribution in [3.8, 4) is 0 Å². The van der Waals surface area contributed by atoms with Crippen molar-refractivity contribution in [3.63, 3.8) is 0 Å². The third-order valence-corrected chi connectivity index (χ3v) is 5.09. The van der Waals surface area contributed by atoms with Crippen molar-refractivity contribution in [2.24, 2.45) is 0 Å². The normalized spacial score (nSPS) is 27.1. The summed E-state index contributed by atoms with van der Waals surface area (Å²) in [6.45, 7) is 7.07. The number of rotatable bonds is 2. The van der Waals surface area contributed by atoms with Gasteiger partial charge in [-0.3, -0.25) is 14.8 Å². The molecule has 0 spiro atoms. The van der Waals surface area contributed by atoms with Crippen molar-refractivity contribution >= 4 is 10.9 Å². The van der Waals surface area contributed by atoms with E-state index in [4.69, 9.17) is 4.98 Å². The van der Waals surface area contributed by atoms with E-state index in [9.17, 15) is 0 Å². The molecular weight excluding hydrogens is 258 g/mol. The van der Waals surface area contributed by atoms with Crippen LogP contribution in [0.25, 0.3) is 10.9 Å². The summed E-state index contributed by atoms with van der Waals surface area (Å²) in [5.41, 5.74) is 2.31. The van der Waals surface area contributed by atoms with E-state index < -0.39 is 0 Å². The van der Waals surface area contributed by atoms with Gasteiger partial charge in [-0.15, -0.1) is 0 Å². The highest BCUT2D eigenvalue weighted by Gasteiger charge is 2.34. The third kappa shape index (κ3) is 2.56. The van der Waals surface area contributed by atoms with Gasteiger partial charge >= 0.3 is 0 Å². The fraction of sp³-hybridized carbons (Fsp3) is 0.500. The van der Waals surface area contributed by atoms with Crippen molar-refractivity contribution < 1.29 is 0 Å². The minimum absolute atomic E-state index is 0.632. The molecule has 4 rings (SSSR count). The van der Waals surface area contributed by atoms with E-state index in [1.165, 1.54) is 43.6 Å². The van der Waals surface area contributed by atoms with Crippen LogP contribution in [0.3, 0.4) is 0 Å². The molecule has 2 fully saturated rings. The lowest BCUT2D eigenvalue weighted by Crippen LogP contribution is -2.54. The molecule has 0 amide bonds. The molecule has 0 bridgehead atoms. The Balaban J connectivity index is 1.53. The van der Waals surface area contributed by atoms with Crippen molar-refractivity contribution in [2.75, 3.05) is 19.6 Å². The van der Waals surface area contributed by atoms with Gasteiger partial charge < -0.3 is 0 Å². The summed E-state index contributed by atoms with van der Waals surface area (Å²) in [4.78, 5) is 10.1. The van der Waals surface area contributed by atoms with Crippen LogP contribution in [0.1, 0.15) is 25.5 Å². The highest BCUT2D eigenvalue weighted by atomic mass is 15.3. The van der Waals surface area contributed by atoms with Gasteiger partial charge in [-0.25, -0.2) is 0 Å². The molecule has 21 heavy (non-hydrogen) atoms. The minimum Gasteiger partial charge on any atom is -0.298 e. The maximum Gasteiger partial charge on any atom is 0.0705 e. The molecule has 3 nitrogen and oxygen atoms in total. The number of hydrogen-bond acceptors (Lipinski definition) is 3. The summed E-state index contributed by atoms with van der Waals surface area (Å²) in [5.74, 6) is 0. The van der Waals surface area contributed by atoms with Gasteiger partial charge in [0.25, 0.3) is 0 Å². The molecular formula is C18H23N3. The highest BCUT2D eigenvalue weighted by molar-refractivity contribution is 5.78. The summed E-state index contributed by atoms with van der Waals surface area (Å²) >= 11 is 0. The first-order valence-electron chi connectivity index (χ1n) is 8.12. The average molecular weight is 281 g/mol. The molecule has 0 aliphatic carbocycles. The fourth-order valence-electron chi connectivity index (χ4n) is 3.87. The molecule has 2 atom stereocenters. The third-order valence-electron chi connectivity index (χ3n) is 5.09. The first kappa shape index (κ1) is 13.2. The first-order valence-corrected chi connectivity index (χ1v) is 8.12. The lowest BCUT2D eigenvalue weighted by Gasteiger charge is -2.42. The number of fused-ring (bicyclic) bond motifs is 2. The molecule has 1 aromatic heterocycles. The van der Waals surface area contributed by atoms with Crippen molar-refractivity contribution in [3.05, 3.63) is 42.1 Å². The Morgan fingerprint density at radius 3 is 3.00 bits per heavy atom. The Labute approximate surface area is 126 Å². The van der Waals surface area contributed by atoms with Crippen LogP contribution < -0.4 is 0 Å². The summed E-state index contributed by atoms with van der Waals surface area (Å²) in [5, 5.41) is 1.23. The lowest BCUT2D eigenvalue weighted by atomic mass is 10.1. The fourth-order valence-corrected chi connectivity index (χ4v) is 3.87. The second-order valence-corrected chi connectivity index (χ2v) is 6.56. The van der Waals surface area contributed by atoms with Crippen LogP contribution >= 0.6 is 0 Å². The van der Waals surface area contributed by atoms with Crippen LogP contribution in [0, 0.1) is 0 Å². The molecule has 1 aromatic carbocycles. The Hall–Kier alpha value is -1.45. The van der Waals surface area contributed by atoms with Crippen LogP contribution in [0.4, 0.5) is 0 Å².